The Labute approximate surface area is 174 Å². The lowest BCUT2D eigenvalue weighted by atomic mass is 10.0. The molecule has 0 aliphatic rings. The van der Waals surface area contributed by atoms with Gasteiger partial charge in [-0.25, -0.2) is 14.2 Å². The second kappa shape index (κ2) is 9.35. The Morgan fingerprint density at radius 3 is 2.43 bits per heavy atom. The van der Waals surface area contributed by atoms with Crippen LogP contribution in [0.15, 0.2) is 59.0 Å². The van der Waals surface area contributed by atoms with Crippen LogP contribution in [-0.2, 0) is 16.1 Å². The molecule has 0 saturated heterocycles. The van der Waals surface area contributed by atoms with Gasteiger partial charge in [-0.2, -0.15) is 0 Å². The van der Waals surface area contributed by atoms with E-state index in [9.17, 15) is 14.0 Å². The van der Waals surface area contributed by atoms with Gasteiger partial charge in [0.2, 0.25) is 5.89 Å². The van der Waals surface area contributed by atoms with Crippen molar-refractivity contribution in [2.75, 3.05) is 0 Å². The Morgan fingerprint density at radius 1 is 1.10 bits per heavy atom. The van der Waals surface area contributed by atoms with Crippen LogP contribution in [-0.4, -0.2) is 22.9 Å². The molecule has 1 aromatic heterocycles. The summed E-state index contributed by atoms with van der Waals surface area (Å²) in [5, 5.41) is 2.56. The Kier molecular flexibility index (Phi) is 6.61. The molecule has 1 atom stereocenters. The average Bonchev–Trinajstić information content (AvgIpc) is 3.11. The van der Waals surface area contributed by atoms with Crippen molar-refractivity contribution in [1.29, 1.82) is 0 Å². The van der Waals surface area contributed by atoms with Gasteiger partial charge in [-0.05, 0) is 37.1 Å². The highest BCUT2D eigenvalue weighted by molar-refractivity contribution is 5.97. The third-order valence-corrected chi connectivity index (χ3v) is 4.59. The van der Waals surface area contributed by atoms with Gasteiger partial charge in [0.15, 0.2) is 0 Å². The molecule has 0 bridgehead atoms. The van der Waals surface area contributed by atoms with Crippen LogP contribution in [0.25, 0.3) is 11.5 Å². The highest BCUT2D eigenvalue weighted by Crippen LogP contribution is 2.22. The number of carbonyl (C=O) groups excluding carboxylic acids is 2. The van der Waals surface area contributed by atoms with Crippen molar-refractivity contribution in [2.45, 2.75) is 33.4 Å². The molecule has 1 amide bonds. The molecular weight excluding hydrogens is 387 g/mol. The van der Waals surface area contributed by atoms with Crippen molar-refractivity contribution in [3.63, 3.8) is 0 Å². The molecule has 3 rings (SSSR count). The van der Waals surface area contributed by atoms with Gasteiger partial charge in [-0.3, -0.25) is 4.79 Å². The van der Waals surface area contributed by atoms with Crippen molar-refractivity contribution >= 4 is 11.9 Å². The summed E-state index contributed by atoms with van der Waals surface area (Å²) in [5.41, 5.74) is 1.18. The third kappa shape index (κ3) is 4.92. The number of rotatable bonds is 7. The summed E-state index contributed by atoms with van der Waals surface area (Å²) in [4.78, 5) is 29.4. The summed E-state index contributed by atoms with van der Waals surface area (Å²) in [6.45, 7) is 5.17. The van der Waals surface area contributed by atoms with E-state index in [2.05, 4.69) is 10.3 Å². The lowest BCUT2D eigenvalue weighted by Gasteiger charge is -2.20. The SMILES string of the molecule is Cc1oc(-c2ccccc2)nc1COC(=O)[C@@H](NC(=O)c1ccccc1F)C(C)C. The normalized spacial score (nSPS) is 11.9. The number of hydrogen-bond donors (Lipinski definition) is 1. The first-order valence-corrected chi connectivity index (χ1v) is 9.60. The first-order valence-electron chi connectivity index (χ1n) is 9.60. The summed E-state index contributed by atoms with van der Waals surface area (Å²) in [5.74, 6) is -1.24. The topological polar surface area (TPSA) is 81.4 Å². The second-order valence-electron chi connectivity index (χ2n) is 7.17. The zero-order valence-electron chi connectivity index (χ0n) is 17.0. The van der Waals surface area contributed by atoms with E-state index in [4.69, 9.17) is 9.15 Å². The number of aryl methyl sites for hydroxylation is 1. The van der Waals surface area contributed by atoms with Crippen LogP contribution in [0, 0.1) is 18.7 Å². The van der Waals surface area contributed by atoms with Crippen molar-refractivity contribution in [3.8, 4) is 11.5 Å². The Morgan fingerprint density at radius 2 is 1.77 bits per heavy atom. The van der Waals surface area contributed by atoms with E-state index >= 15 is 0 Å². The molecule has 0 radical (unpaired) electrons. The fourth-order valence-electron chi connectivity index (χ4n) is 2.86. The van der Waals surface area contributed by atoms with Crippen LogP contribution in [0.5, 0.6) is 0 Å². The Hall–Kier alpha value is -3.48. The van der Waals surface area contributed by atoms with E-state index in [0.717, 1.165) is 5.56 Å². The van der Waals surface area contributed by atoms with Crippen LogP contribution in [0.2, 0.25) is 0 Å². The molecule has 7 heteroatoms. The highest BCUT2D eigenvalue weighted by atomic mass is 19.1. The molecule has 1 heterocycles. The minimum absolute atomic E-state index is 0.0974. The summed E-state index contributed by atoms with van der Waals surface area (Å²) < 4.78 is 24.9. The highest BCUT2D eigenvalue weighted by Gasteiger charge is 2.27. The van der Waals surface area contributed by atoms with Gasteiger partial charge >= 0.3 is 5.97 Å². The quantitative estimate of drug-likeness (QED) is 0.588. The number of hydrogen-bond acceptors (Lipinski definition) is 5. The van der Waals surface area contributed by atoms with Crippen molar-refractivity contribution in [2.24, 2.45) is 5.92 Å². The first kappa shape index (κ1) is 21.2. The molecule has 0 aliphatic carbocycles. The number of carbonyl (C=O) groups is 2. The summed E-state index contributed by atoms with van der Waals surface area (Å²) in [6.07, 6.45) is 0. The number of halogens is 1. The number of benzene rings is 2. The third-order valence-electron chi connectivity index (χ3n) is 4.59. The van der Waals surface area contributed by atoms with Crippen LogP contribution in [0.1, 0.15) is 35.7 Å². The van der Waals surface area contributed by atoms with E-state index in [1.807, 2.05) is 30.3 Å². The number of ether oxygens (including phenoxy) is 1. The van der Waals surface area contributed by atoms with E-state index in [-0.39, 0.29) is 18.1 Å². The van der Waals surface area contributed by atoms with Crippen LogP contribution < -0.4 is 5.32 Å². The Balaban J connectivity index is 1.67. The number of esters is 1. The summed E-state index contributed by atoms with van der Waals surface area (Å²) >= 11 is 0. The molecule has 156 valence electrons. The van der Waals surface area contributed by atoms with E-state index < -0.39 is 23.7 Å². The maximum Gasteiger partial charge on any atom is 0.329 e. The molecule has 0 spiro atoms. The first-order chi connectivity index (χ1) is 14.4. The predicted molar refractivity (Wildman–Crippen MR) is 109 cm³/mol. The minimum Gasteiger partial charge on any atom is -0.457 e. The predicted octanol–water partition coefficient (Wildman–Crippen LogP) is 4.29. The van der Waals surface area contributed by atoms with E-state index in [1.54, 1.807) is 26.8 Å². The molecule has 6 nitrogen and oxygen atoms in total. The fourth-order valence-corrected chi connectivity index (χ4v) is 2.86. The van der Waals surface area contributed by atoms with Crippen molar-refractivity contribution in [1.82, 2.24) is 10.3 Å². The second-order valence-corrected chi connectivity index (χ2v) is 7.17. The summed E-state index contributed by atoms with van der Waals surface area (Å²) in [6, 6.07) is 14.0. The van der Waals surface area contributed by atoms with Crippen molar-refractivity contribution in [3.05, 3.63) is 77.4 Å². The molecule has 0 saturated carbocycles. The number of amides is 1. The molecule has 30 heavy (non-hydrogen) atoms. The zero-order chi connectivity index (χ0) is 21.7. The molecule has 3 aromatic rings. The van der Waals surface area contributed by atoms with Gasteiger partial charge in [0, 0.05) is 5.56 Å². The monoisotopic (exact) mass is 410 g/mol. The number of oxazole rings is 1. The van der Waals surface area contributed by atoms with Gasteiger partial charge in [0.05, 0.1) is 5.56 Å². The van der Waals surface area contributed by atoms with Gasteiger partial charge in [0.25, 0.3) is 5.91 Å². The standard InChI is InChI=1S/C23H23FN2O4/c1-14(2)20(26-21(27)17-11-7-8-12-18(17)24)23(28)29-13-19-15(3)30-22(25-19)16-9-5-4-6-10-16/h4-12,14,20H,13H2,1-3H3,(H,26,27)/t20-/m0/s1. The number of nitrogens with zero attached hydrogens (tertiary/aromatic N) is 1. The van der Waals surface area contributed by atoms with Gasteiger partial charge in [0.1, 0.15) is 29.9 Å². The maximum absolute atomic E-state index is 13.9. The fraction of sp³-hybridized carbons (Fsp3) is 0.261. The van der Waals surface area contributed by atoms with Crippen LogP contribution >= 0.6 is 0 Å². The van der Waals surface area contributed by atoms with Crippen molar-refractivity contribution < 1.29 is 23.1 Å². The van der Waals surface area contributed by atoms with Gasteiger partial charge < -0.3 is 14.5 Å². The average molecular weight is 410 g/mol. The lowest BCUT2D eigenvalue weighted by molar-refractivity contribution is -0.148. The largest absolute Gasteiger partial charge is 0.457 e. The molecule has 0 aliphatic heterocycles. The van der Waals surface area contributed by atoms with Gasteiger partial charge in [-0.1, -0.05) is 44.2 Å². The number of aromatic nitrogens is 1. The maximum atomic E-state index is 13.9. The molecule has 0 unspecified atom stereocenters. The van der Waals surface area contributed by atoms with E-state index in [1.165, 1.54) is 18.2 Å². The minimum atomic E-state index is -0.932. The van der Waals surface area contributed by atoms with Crippen LogP contribution in [0.3, 0.4) is 0 Å². The van der Waals surface area contributed by atoms with Crippen LogP contribution in [0.4, 0.5) is 4.39 Å². The molecule has 2 aromatic carbocycles. The summed E-state index contributed by atoms with van der Waals surface area (Å²) in [7, 11) is 0. The lowest BCUT2D eigenvalue weighted by Crippen LogP contribution is -2.45. The molecule has 0 fully saturated rings. The number of nitrogens with one attached hydrogen (secondary N) is 1. The smallest absolute Gasteiger partial charge is 0.329 e. The Bertz CT molecular complexity index is 1030. The molecular formula is C23H23FN2O4. The zero-order valence-corrected chi connectivity index (χ0v) is 17.0. The molecule has 1 N–H and O–H groups in total. The van der Waals surface area contributed by atoms with Gasteiger partial charge in [-0.15, -0.1) is 0 Å². The van der Waals surface area contributed by atoms with E-state index in [0.29, 0.717) is 17.3 Å².